The number of nitrogens with two attached hydrogens (primary N) is 1. The van der Waals surface area contributed by atoms with Crippen LogP contribution in [0, 0.1) is 12.8 Å². The van der Waals surface area contributed by atoms with Crippen LogP contribution in [0.15, 0.2) is 42.7 Å². The van der Waals surface area contributed by atoms with E-state index in [-0.39, 0.29) is 5.54 Å². The van der Waals surface area contributed by atoms with Crippen molar-refractivity contribution in [3.63, 3.8) is 0 Å². The summed E-state index contributed by atoms with van der Waals surface area (Å²) in [4.78, 5) is 4.31. The number of rotatable bonds is 6. The molecule has 3 aromatic rings. The van der Waals surface area contributed by atoms with Gasteiger partial charge >= 0.3 is 0 Å². The summed E-state index contributed by atoms with van der Waals surface area (Å²) in [5, 5.41) is 4.35. The van der Waals surface area contributed by atoms with Crippen molar-refractivity contribution in [1.82, 2.24) is 14.6 Å². The summed E-state index contributed by atoms with van der Waals surface area (Å²) in [6, 6.07) is 10.0. The molecule has 0 saturated carbocycles. The van der Waals surface area contributed by atoms with Crippen molar-refractivity contribution in [3.05, 3.63) is 48.3 Å². The van der Waals surface area contributed by atoms with E-state index in [1.165, 1.54) is 0 Å². The van der Waals surface area contributed by atoms with Crippen molar-refractivity contribution < 1.29 is 4.74 Å². The minimum atomic E-state index is -0.328. The zero-order chi connectivity index (χ0) is 18.0. The SMILES string of the molecule is Cc1cc(-c2ccnc3ccnn23)ccc1OCC(C)(N)CC(C)C. The smallest absolute Gasteiger partial charge is 0.155 e. The number of aryl methyl sites for hydroxylation is 1. The Hall–Kier alpha value is -2.40. The molecule has 5 nitrogen and oxygen atoms in total. The topological polar surface area (TPSA) is 65.4 Å². The molecule has 0 saturated heterocycles. The number of nitrogens with zero attached hydrogens (tertiary/aromatic N) is 3. The van der Waals surface area contributed by atoms with Gasteiger partial charge in [-0.1, -0.05) is 13.8 Å². The fourth-order valence-electron chi connectivity index (χ4n) is 3.26. The normalized spacial score (nSPS) is 14.0. The van der Waals surface area contributed by atoms with Crippen LogP contribution in [0.2, 0.25) is 0 Å². The molecular formula is C20H26N4O. The van der Waals surface area contributed by atoms with E-state index in [9.17, 15) is 0 Å². The van der Waals surface area contributed by atoms with Crippen LogP contribution in [0.3, 0.4) is 0 Å². The summed E-state index contributed by atoms with van der Waals surface area (Å²) < 4.78 is 7.85. The first-order valence-corrected chi connectivity index (χ1v) is 8.67. The fourth-order valence-corrected chi connectivity index (χ4v) is 3.26. The second-order valence-electron chi connectivity index (χ2n) is 7.45. The van der Waals surface area contributed by atoms with Gasteiger partial charge in [0.2, 0.25) is 0 Å². The molecule has 3 rings (SSSR count). The highest BCUT2D eigenvalue weighted by Crippen LogP contribution is 2.27. The molecule has 1 unspecified atom stereocenters. The first-order valence-electron chi connectivity index (χ1n) is 8.67. The quantitative estimate of drug-likeness (QED) is 0.741. The zero-order valence-electron chi connectivity index (χ0n) is 15.4. The number of benzene rings is 1. The Kier molecular flexibility index (Phi) is 4.77. The lowest BCUT2D eigenvalue weighted by Gasteiger charge is -2.27. The van der Waals surface area contributed by atoms with E-state index in [2.05, 4.69) is 43.0 Å². The minimum absolute atomic E-state index is 0.328. The minimum Gasteiger partial charge on any atom is -0.491 e. The first-order chi connectivity index (χ1) is 11.9. The highest BCUT2D eigenvalue weighted by molar-refractivity contribution is 5.64. The summed E-state index contributed by atoms with van der Waals surface area (Å²) in [6.07, 6.45) is 4.49. The van der Waals surface area contributed by atoms with Crippen LogP contribution in [0.25, 0.3) is 16.9 Å². The van der Waals surface area contributed by atoms with Crippen molar-refractivity contribution >= 4 is 5.65 Å². The molecule has 2 N–H and O–H groups in total. The molecule has 0 aliphatic rings. The third-order valence-electron chi connectivity index (χ3n) is 4.19. The van der Waals surface area contributed by atoms with Gasteiger partial charge in [0, 0.05) is 23.4 Å². The summed E-state index contributed by atoms with van der Waals surface area (Å²) >= 11 is 0. The Labute approximate surface area is 148 Å². The van der Waals surface area contributed by atoms with E-state index in [0.717, 1.165) is 34.6 Å². The third-order valence-corrected chi connectivity index (χ3v) is 4.19. The molecule has 2 heterocycles. The molecule has 25 heavy (non-hydrogen) atoms. The molecule has 1 aromatic carbocycles. The van der Waals surface area contributed by atoms with Crippen molar-refractivity contribution in [1.29, 1.82) is 0 Å². The van der Waals surface area contributed by atoms with Crippen LogP contribution >= 0.6 is 0 Å². The van der Waals surface area contributed by atoms with E-state index in [0.29, 0.717) is 12.5 Å². The summed E-state index contributed by atoms with van der Waals surface area (Å²) in [5.74, 6) is 1.42. The number of hydrogen-bond acceptors (Lipinski definition) is 4. The van der Waals surface area contributed by atoms with Gasteiger partial charge in [-0.15, -0.1) is 0 Å². The van der Waals surface area contributed by atoms with Gasteiger partial charge in [-0.3, -0.25) is 0 Å². The molecule has 1 atom stereocenters. The second kappa shape index (κ2) is 6.84. The van der Waals surface area contributed by atoms with Gasteiger partial charge in [0.05, 0.1) is 11.9 Å². The molecule has 2 aromatic heterocycles. The number of hydrogen-bond donors (Lipinski definition) is 1. The zero-order valence-corrected chi connectivity index (χ0v) is 15.4. The van der Waals surface area contributed by atoms with E-state index in [4.69, 9.17) is 10.5 Å². The summed E-state index contributed by atoms with van der Waals surface area (Å²) in [6.45, 7) is 8.95. The van der Waals surface area contributed by atoms with Gasteiger partial charge in [0.25, 0.3) is 0 Å². The van der Waals surface area contributed by atoms with Crippen LogP contribution in [0.1, 0.15) is 32.8 Å². The maximum absolute atomic E-state index is 6.34. The van der Waals surface area contributed by atoms with Gasteiger partial charge in [-0.05, 0) is 56.0 Å². The average Bonchev–Trinajstić information content (AvgIpc) is 3.01. The van der Waals surface area contributed by atoms with Crippen molar-refractivity contribution in [2.75, 3.05) is 6.61 Å². The van der Waals surface area contributed by atoms with E-state index >= 15 is 0 Å². The van der Waals surface area contributed by atoms with Crippen LogP contribution in [0.4, 0.5) is 0 Å². The van der Waals surface area contributed by atoms with E-state index in [1.807, 2.05) is 29.6 Å². The van der Waals surface area contributed by atoms with E-state index < -0.39 is 0 Å². The van der Waals surface area contributed by atoms with Gasteiger partial charge in [0.15, 0.2) is 5.65 Å². The Morgan fingerprint density at radius 3 is 2.72 bits per heavy atom. The lowest BCUT2D eigenvalue weighted by atomic mass is 9.93. The molecule has 5 heteroatoms. The van der Waals surface area contributed by atoms with Gasteiger partial charge in [-0.25, -0.2) is 9.50 Å². The maximum Gasteiger partial charge on any atom is 0.155 e. The Morgan fingerprint density at radius 1 is 1.20 bits per heavy atom. The molecule has 0 aliphatic heterocycles. The maximum atomic E-state index is 6.34. The second-order valence-corrected chi connectivity index (χ2v) is 7.45. The molecule has 132 valence electrons. The fraction of sp³-hybridized carbons (Fsp3) is 0.400. The Morgan fingerprint density at radius 2 is 2.00 bits per heavy atom. The van der Waals surface area contributed by atoms with Crippen molar-refractivity contribution in [2.45, 2.75) is 39.7 Å². The van der Waals surface area contributed by atoms with Gasteiger partial charge in [0.1, 0.15) is 12.4 Å². The predicted octanol–water partition coefficient (Wildman–Crippen LogP) is 3.85. The number of fused-ring (bicyclic) bond motifs is 1. The lowest BCUT2D eigenvalue weighted by molar-refractivity contribution is 0.206. The molecular weight excluding hydrogens is 312 g/mol. The predicted molar refractivity (Wildman–Crippen MR) is 101 cm³/mol. The largest absolute Gasteiger partial charge is 0.491 e. The standard InChI is InChI=1S/C20H26N4O/c1-14(2)12-20(4,21)13-25-18-6-5-16(11-15(18)3)17-7-9-22-19-8-10-23-24(17)19/h5-11,14H,12-13,21H2,1-4H3. The molecule has 0 amide bonds. The molecule has 0 radical (unpaired) electrons. The van der Waals surface area contributed by atoms with Gasteiger partial charge < -0.3 is 10.5 Å². The van der Waals surface area contributed by atoms with Crippen molar-refractivity contribution in [2.24, 2.45) is 11.7 Å². The lowest BCUT2D eigenvalue weighted by Crippen LogP contribution is -2.43. The molecule has 0 fully saturated rings. The molecule has 0 spiro atoms. The molecule has 0 bridgehead atoms. The number of ether oxygens (including phenoxy) is 1. The van der Waals surface area contributed by atoms with Crippen LogP contribution in [0.5, 0.6) is 5.75 Å². The summed E-state index contributed by atoms with van der Waals surface area (Å²) in [5.41, 5.74) is 10.0. The Bertz CT molecular complexity index is 867. The highest BCUT2D eigenvalue weighted by atomic mass is 16.5. The number of aromatic nitrogens is 3. The Balaban J connectivity index is 1.81. The molecule has 0 aliphatic carbocycles. The average molecular weight is 338 g/mol. The van der Waals surface area contributed by atoms with Crippen LogP contribution < -0.4 is 10.5 Å². The third kappa shape index (κ3) is 3.99. The summed E-state index contributed by atoms with van der Waals surface area (Å²) in [7, 11) is 0. The first kappa shape index (κ1) is 17.4. The highest BCUT2D eigenvalue weighted by Gasteiger charge is 2.21. The van der Waals surface area contributed by atoms with Crippen LogP contribution in [-0.2, 0) is 0 Å². The van der Waals surface area contributed by atoms with Gasteiger partial charge in [-0.2, -0.15) is 5.10 Å². The van der Waals surface area contributed by atoms with E-state index in [1.54, 1.807) is 12.4 Å². The van der Waals surface area contributed by atoms with Crippen LogP contribution in [-0.4, -0.2) is 26.7 Å². The monoisotopic (exact) mass is 338 g/mol. The van der Waals surface area contributed by atoms with Crippen molar-refractivity contribution in [3.8, 4) is 17.0 Å².